The van der Waals surface area contributed by atoms with Gasteiger partial charge in [0, 0.05) is 39.1 Å². The van der Waals surface area contributed by atoms with Crippen LogP contribution < -0.4 is 5.32 Å². The second-order valence-corrected chi connectivity index (χ2v) is 7.23. The number of aliphatic imine (C=N–C) groups is 1. The summed E-state index contributed by atoms with van der Waals surface area (Å²) in [4.78, 5) is 20.4. The molecule has 1 saturated heterocycles. The van der Waals surface area contributed by atoms with Gasteiger partial charge in [-0.25, -0.2) is 4.99 Å². The predicted octanol–water partition coefficient (Wildman–Crippen LogP) is 2.62. The van der Waals surface area contributed by atoms with Crippen molar-refractivity contribution < 1.29 is 4.79 Å². The molecule has 0 saturated carbocycles. The van der Waals surface area contributed by atoms with Crippen LogP contribution in [0.25, 0.3) is 0 Å². The Morgan fingerprint density at radius 3 is 2.84 bits per heavy atom. The number of likely N-dealkylation sites (tertiary alicyclic amines) is 1. The van der Waals surface area contributed by atoms with Crippen LogP contribution in [0, 0.1) is 6.92 Å². The van der Waals surface area contributed by atoms with Crippen molar-refractivity contribution in [3.63, 3.8) is 0 Å². The van der Waals surface area contributed by atoms with Gasteiger partial charge in [-0.1, -0.05) is 36.8 Å². The first-order valence-electron chi connectivity index (χ1n) is 9.23. The van der Waals surface area contributed by atoms with E-state index in [9.17, 15) is 4.79 Å². The Morgan fingerprint density at radius 1 is 1.44 bits per heavy atom. The fourth-order valence-corrected chi connectivity index (χ4v) is 2.99. The number of benzene rings is 1. The highest BCUT2D eigenvalue weighted by molar-refractivity contribution is 5.85. The van der Waals surface area contributed by atoms with Crippen LogP contribution in [0.4, 0.5) is 0 Å². The summed E-state index contributed by atoms with van der Waals surface area (Å²) >= 11 is 0. The van der Waals surface area contributed by atoms with Crippen molar-refractivity contribution >= 4 is 11.9 Å². The molecule has 5 nitrogen and oxygen atoms in total. The summed E-state index contributed by atoms with van der Waals surface area (Å²) < 4.78 is 0. The Balaban J connectivity index is 2.09. The molecule has 0 aliphatic carbocycles. The molecule has 1 aromatic rings. The van der Waals surface area contributed by atoms with E-state index in [0.717, 1.165) is 31.9 Å². The van der Waals surface area contributed by atoms with E-state index in [1.807, 2.05) is 0 Å². The van der Waals surface area contributed by atoms with E-state index < -0.39 is 0 Å². The van der Waals surface area contributed by atoms with Gasteiger partial charge in [0.05, 0.1) is 0 Å². The summed E-state index contributed by atoms with van der Waals surface area (Å²) in [5, 5.41) is 3.49. The monoisotopic (exact) mass is 344 g/mol. The fraction of sp³-hybridized carbons (Fsp3) is 0.600. The van der Waals surface area contributed by atoms with Crippen LogP contribution in [-0.2, 0) is 4.79 Å². The second-order valence-electron chi connectivity index (χ2n) is 7.23. The number of hydrogen-bond acceptors (Lipinski definition) is 2. The Morgan fingerprint density at radius 2 is 2.20 bits per heavy atom. The average Bonchev–Trinajstić information content (AvgIpc) is 3.07. The van der Waals surface area contributed by atoms with Crippen LogP contribution in [0.15, 0.2) is 29.3 Å². The van der Waals surface area contributed by atoms with E-state index in [4.69, 9.17) is 0 Å². The number of likely N-dealkylation sites (N-methyl/N-ethyl adjacent to an activating group) is 1. The van der Waals surface area contributed by atoms with E-state index >= 15 is 0 Å². The van der Waals surface area contributed by atoms with Gasteiger partial charge < -0.3 is 15.1 Å². The topological polar surface area (TPSA) is 47.9 Å². The van der Waals surface area contributed by atoms with E-state index in [-0.39, 0.29) is 12.5 Å². The number of hydrogen-bond donors (Lipinski definition) is 1. The molecule has 2 rings (SSSR count). The molecule has 0 aromatic heterocycles. The smallest absolute Gasteiger partial charge is 0.243 e. The van der Waals surface area contributed by atoms with E-state index in [0.29, 0.717) is 12.0 Å². The van der Waals surface area contributed by atoms with Gasteiger partial charge in [-0.3, -0.25) is 4.79 Å². The van der Waals surface area contributed by atoms with Crippen molar-refractivity contribution in [3.8, 4) is 0 Å². The maximum Gasteiger partial charge on any atom is 0.243 e. The summed E-state index contributed by atoms with van der Waals surface area (Å²) in [5.41, 5.74) is 2.70. The summed E-state index contributed by atoms with van der Waals surface area (Å²) in [6.07, 6.45) is 2.14. The maximum atomic E-state index is 11.9. The first kappa shape index (κ1) is 19.3. The number of carbonyl (C=O) groups excluding carboxylic acids is 1. The molecule has 1 N–H and O–H groups in total. The number of aryl methyl sites for hydroxylation is 1. The largest absolute Gasteiger partial charge is 0.354 e. The summed E-state index contributed by atoms with van der Waals surface area (Å²) in [7, 11) is 3.53. The van der Waals surface area contributed by atoms with Gasteiger partial charge in [-0.15, -0.1) is 0 Å². The van der Waals surface area contributed by atoms with Crippen LogP contribution in [0.3, 0.4) is 0 Å². The Labute approximate surface area is 152 Å². The number of carbonyl (C=O) groups is 1. The highest BCUT2D eigenvalue weighted by Crippen LogP contribution is 2.27. The van der Waals surface area contributed by atoms with Crippen molar-refractivity contribution in [3.05, 3.63) is 35.4 Å². The van der Waals surface area contributed by atoms with Gasteiger partial charge in [-0.2, -0.15) is 0 Å². The Bertz CT molecular complexity index is 611. The highest BCUT2D eigenvalue weighted by atomic mass is 16.2. The molecule has 25 heavy (non-hydrogen) atoms. The third-order valence-corrected chi connectivity index (χ3v) is 4.85. The molecule has 1 amide bonds. The van der Waals surface area contributed by atoms with E-state index in [2.05, 4.69) is 60.2 Å². The molecule has 0 radical (unpaired) electrons. The second kappa shape index (κ2) is 8.88. The summed E-state index contributed by atoms with van der Waals surface area (Å²) in [6.45, 7) is 8.55. The molecule has 0 spiro atoms. The van der Waals surface area contributed by atoms with Crippen molar-refractivity contribution in [2.75, 3.05) is 33.7 Å². The van der Waals surface area contributed by atoms with E-state index in [1.54, 1.807) is 19.0 Å². The zero-order valence-electron chi connectivity index (χ0n) is 16.2. The van der Waals surface area contributed by atoms with Crippen LogP contribution in [0.5, 0.6) is 0 Å². The number of guanidine groups is 1. The maximum absolute atomic E-state index is 11.9. The zero-order chi connectivity index (χ0) is 18.4. The molecule has 2 atom stereocenters. The van der Waals surface area contributed by atoms with Gasteiger partial charge in [0.2, 0.25) is 5.91 Å². The van der Waals surface area contributed by atoms with Crippen molar-refractivity contribution in [2.45, 2.75) is 45.6 Å². The van der Waals surface area contributed by atoms with Gasteiger partial charge in [0.1, 0.15) is 6.54 Å². The zero-order valence-corrected chi connectivity index (χ0v) is 16.2. The molecule has 1 heterocycles. The number of nitrogens with one attached hydrogen (secondary N) is 1. The Hall–Kier alpha value is -2.04. The normalized spacial score (nSPS) is 19.0. The Kier molecular flexibility index (Phi) is 6.85. The van der Waals surface area contributed by atoms with Gasteiger partial charge in [0.25, 0.3) is 0 Å². The average molecular weight is 345 g/mol. The number of amides is 1. The van der Waals surface area contributed by atoms with Crippen molar-refractivity contribution in [1.29, 1.82) is 0 Å². The minimum atomic E-state index is 0.0258. The first-order chi connectivity index (χ1) is 11.9. The lowest BCUT2D eigenvalue weighted by atomic mass is 9.97. The van der Waals surface area contributed by atoms with Crippen molar-refractivity contribution in [2.24, 2.45) is 4.99 Å². The van der Waals surface area contributed by atoms with Crippen LogP contribution >= 0.6 is 0 Å². The molecule has 1 aromatic carbocycles. The summed E-state index contributed by atoms with van der Waals surface area (Å²) in [6, 6.07) is 9.11. The lowest BCUT2D eigenvalue weighted by Crippen LogP contribution is -2.44. The van der Waals surface area contributed by atoms with Gasteiger partial charge >= 0.3 is 0 Å². The standard InChI is InChI=1S/C20H32N4O/c1-6-16(3)22-20(21-13-19(25)23(4)5)24-11-10-18(14-24)17-9-7-8-15(2)12-17/h7-9,12,16,18H,6,10-11,13-14H2,1-5H3,(H,21,22). The van der Waals surface area contributed by atoms with Gasteiger partial charge in [0.15, 0.2) is 5.96 Å². The minimum Gasteiger partial charge on any atom is -0.354 e. The molecule has 2 unspecified atom stereocenters. The molecular weight excluding hydrogens is 312 g/mol. The number of nitrogens with zero attached hydrogens (tertiary/aromatic N) is 3. The SMILES string of the molecule is CCC(C)NC(=NCC(=O)N(C)C)N1CCC(c2cccc(C)c2)C1. The quantitative estimate of drug-likeness (QED) is 0.660. The minimum absolute atomic E-state index is 0.0258. The lowest BCUT2D eigenvalue weighted by molar-refractivity contribution is -0.127. The molecule has 1 fully saturated rings. The molecule has 5 heteroatoms. The number of rotatable bonds is 5. The third kappa shape index (κ3) is 5.48. The van der Waals surface area contributed by atoms with Crippen LogP contribution in [0.1, 0.15) is 43.7 Å². The molecule has 138 valence electrons. The van der Waals surface area contributed by atoms with E-state index in [1.165, 1.54) is 11.1 Å². The summed E-state index contributed by atoms with van der Waals surface area (Å²) in [5.74, 6) is 1.41. The highest BCUT2D eigenvalue weighted by Gasteiger charge is 2.27. The fourth-order valence-electron chi connectivity index (χ4n) is 2.99. The third-order valence-electron chi connectivity index (χ3n) is 4.85. The first-order valence-corrected chi connectivity index (χ1v) is 9.23. The molecule has 1 aliphatic heterocycles. The molecular formula is C20H32N4O. The van der Waals surface area contributed by atoms with Crippen LogP contribution in [0.2, 0.25) is 0 Å². The van der Waals surface area contributed by atoms with Gasteiger partial charge in [-0.05, 0) is 32.3 Å². The van der Waals surface area contributed by atoms with Crippen molar-refractivity contribution in [1.82, 2.24) is 15.1 Å². The predicted molar refractivity (Wildman–Crippen MR) is 104 cm³/mol. The lowest BCUT2D eigenvalue weighted by Gasteiger charge is -2.25. The van der Waals surface area contributed by atoms with Crippen LogP contribution in [-0.4, -0.2) is 61.4 Å². The molecule has 0 bridgehead atoms. The molecule has 1 aliphatic rings.